The zero-order valence-electron chi connectivity index (χ0n) is 13.2. The van der Waals surface area contributed by atoms with Gasteiger partial charge in [-0.05, 0) is 43.5 Å². The Bertz CT molecular complexity index is 868. The molecular weight excluding hydrogens is 286 g/mol. The Morgan fingerprint density at radius 1 is 0.957 bits per heavy atom. The van der Waals surface area contributed by atoms with E-state index < -0.39 is 0 Å². The normalized spacial score (nSPS) is 10.9. The van der Waals surface area contributed by atoms with E-state index in [1.54, 1.807) is 24.3 Å². The highest BCUT2D eigenvalue weighted by molar-refractivity contribution is 6.17. The minimum atomic E-state index is -0.0374. The van der Waals surface area contributed by atoms with E-state index in [2.05, 4.69) is 0 Å². The molecule has 116 valence electrons. The summed E-state index contributed by atoms with van der Waals surface area (Å²) in [5.41, 5.74) is 7.62. The molecule has 3 aromatic carbocycles. The highest BCUT2D eigenvalue weighted by Gasteiger charge is 2.15. The second-order valence-electron chi connectivity index (χ2n) is 5.78. The largest absolute Gasteiger partial charge is 0.490 e. The molecule has 2 N–H and O–H groups in total. The number of carbonyl (C=O) groups excluding carboxylic acids is 1. The van der Waals surface area contributed by atoms with Crippen molar-refractivity contribution in [1.29, 1.82) is 0 Å². The minimum absolute atomic E-state index is 0.0374. The third-order valence-electron chi connectivity index (χ3n) is 3.64. The van der Waals surface area contributed by atoms with Gasteiger partial charge in [-0.1, -0.05) is 36.4 Å². The average molecular weight is 305 g/mol. The summed E-state index contributed by atoms with van der Waals surface area (Å²) in [5, 5.41) is 1.83. The molecule has 0 unspecified atom stereocenters. The maximum atomic E-state index is 12.8. The molecule has 0 spiro atoms. The lowest BCUT2D eigenvalue weighted by molar-refractivity contribution is 0.104. The molecule has 0 aliphatic rings. The molecule has 0 saturated carbocycles. The van der Waals surface area contributed by atoms with Crippen LogP contribution in [0.3, 0.4) is 0 Å². The van der Waals surface area contributed by atoms with Crippen LogP contribution >= 0.6 is 0 Å². The minimum Gasteiger partial charge on any atom is -0.490 e. The van der Waals surface area contributed by atoms with Crippen molar-refractivity contribution in [2.24, 2.45) is 0 Å². The first kappa shape index (κ1) is 15.1. The Morgan fingerprint density at radius 3 is 2.39 bits per heavy atom. The number of hydrogen-bond acceptors (Lipinski definition) is 3. The van der Waals surface area contributed by atoms with Gasteiger partial charge >= 0.3 is 0 Å². The summed E-state index contributed by atoms with van der Waals surface area (Å²) in [7, 11) is 0. The molecule has 0 aromatic heterocycles. The van der Waals surface area contributed by atoms with Gasteiger partial charge in [0.1, 0.15) is 5.75 Å². The lowest BCUT2D eigenvalue weighted by Crippen LogP contribution is -2.07. The number of ether oxygens (including phenoxy) is 1. The van der Waals surface area contributed by atoms with Crippen LogP contribution < -0.4 is 10.5 Å². The van der Waals surface area contributed by atoms with E-state index in [0.29, 0.717) is 16.8 Å². The Kier molecular flexibility index (Phi) is 4.02. The Balaban J connectivity index is 2.14. The first-order chi connectivity index (χ1) is 11.1. The van der Waals surface area contributed by atoms with Crippen LogP contribution in [-0.4, -0.2) is 11.9 Å². The molecule has 0 aliphatic carbocycles. The summed E-state index contributed by atoms with van der Waals surface area (Å²) in [4.78, 5) is 12.8. The second kappa shape index (κ2) is 6.13. The highest BCUT2D eigenvalue weighted by Crippen LogP contribution is 2.30. The number of nitrogen functional groups attached to an aromatic ring is 1. The molecule has 0 aliphatic heterocycles. The Hall–Kier alpha value is -2.81. The van der Waals surface area contributed by atoms with Crippen molar-refractivity contribution in [3.05, 3.63) is 71.8 Å². The predicted octanol–water partition coefficient (Wildman–Crippen LogP) is 4.44. The number of ketones is 1. The van der Waals surface area contributed by atoms with Crippen LogP contribution in [0.4, 0.5) is 5.69 Å². The topological polar surface area (TPSA) is 52.3 Å². The molecule has 3 rings (SSSR count). The predicted molar refractivity (Wildman–Crippen MR) is 94.0 cm³/mol. The third-order valence-corrected chi connectivity index (χ3v) is 3.64. The van der Waals surface area contributed by atoms with E-state index in [4.69, 9.17) is 10.5 Å². The van der Waals surface area contributed by atoms with E-state index >= 15 is 0 Å². The second-order valence-corrected chi connectivity index (χ2v) is 5.78. The molecule has 0 amide bonds. The van der Waals surface area contributed by atoms with E-state index in [1.807, 2.05) is 50.2 Å². The van der Waals surface area contributed by atoms with Crippen molar-refractivity contribution in [1.82, 2.24) is 0 Å². The van der Waals surface area contributed by atoms with E-state index in [1.165, 1.54) is 0 Å². The van der Waals surface area contributed by atoms with E-state index in [0.717, 1.165) is 16.5 Å². The summed E-state index contributed by atoms with van der Waals surface area (Å²) in [6, 6.07) is 18.5. The van der Waals surface area contributed by atoms with Crippen molar-refractivity contribution in [3.63, 3.8) is 0 Å². The summed E-state index contributed by atoms with van der Waals surface area (Å²) in [6.07, 6.45) is 0.0777. The fraction of sp³-hybridized carbons (Fsp3) is 0.150. The molecule has 23 heavy (non-hydrogen) atoms. The van der Waals surface area contributed by atoms with Gasteiger partial charge in [-0.2, -0.15) is 0 Å². The first-order valence-electron chi connectivity index (χ1n) is 7.65. The molecule has 0 fully saturated rings. The number of anilines is 1. The molecule has 0 heterocycles. The van der Waals surface area contributed by atoms with Crippen LogP contribution in [0, 0.1) is 0 Å². The number of fused-ring (bicyclic) bond motifs is 1. The first-order valence-corrected chi connectivity index (χ1v) is 7.65. The zero-order chi connectivity index (χ0) is 16.4. The molecule has 0 bridgehead atoms. The van der Waals surface area contributed by atoms with Gasteiger partial charge in [0.2, 0.25) is 0 Å². The summed E-state index contributed by atoms with van der Waals surface area (Å²) < 4.78 is 5.86. The molecule has 3 nitrogen and oxygen atoms in total. The van der Waals surface area contributed by atoms with E-state index in [9.17, 15) is 4.79 Å². The monoisotopic (exact) mass is 305 g/mol. The van der Waals surface area contributed by atoms with Crippen LogP contribution in [-0.2, 0) is 0 Å². The van der Waals surface area contributed by atoms with Crippen LogP contribution in [0.25, 0.3) is 10.8 Å². The van der Waals surface area contributed by atoms with Crippen molar-refractivity contribution >= 4 is 22.2 Å². The average Bonchev–Trinajstić information content (AvgIpc) is 2.54. The van der Waals surface area contributed by atoms with Crippen LogP contribution in [0.15, 0.2) is 60.7 Å². The van der Waals surface area contributed by atoms with Gasteiger partial charge in [-0.3, -0.25) is 4.79 Å². The van der Waals surface area contributed by atoms with Gasteiger partial charge in [-0.25, -0.2) is 0 Å². The van der Waals surface area contributed by atoms with Crippen LogP contribution in [0.2, 0.25) is 0 Å². The molecule has 3 aromatic rings. The highest BCUT2D eigenvalue weighted by atomic mass is 16.5. The van der Waals surface area contributed by atoms with Gasteiger partial charge in [0.15, 0.2) is 5.78 Å². The third kappa shape index (κ3) is 3.04. The molecule has 0 radical (unpaired) electrons. The van der Waals surface area contributed by atoms with Gasteiger partial charge in [-0.15, -0.1) is 0 Å². The summed E-state index contributed by atoms with van der Waals surface area (Å²) in [6.45, 7) is 3.97. The summed E-state index contributed by atoms with van der Waals surface area (Å²) in [5.74, 6) is 0.754. The van der Waals surface area contributed by atoms with Gasteiger partial charge in [0.05, 0.1) is 6.10 Å². The van der Waals surface area contributed by atoms with Gasteiger partial charge < -0.3 is 10.5 Å². The number of carbonyl (C=O) groups is 1. The number of nitrogens with two attached hydrogens (primary N) is 1. The lowest BCUT2D eigenvalue weighted by Gasteiger charge is -2.14. The fourth-order valence-corrected chi connectivity index (χ4v) is 2.66. The number of hydrogen-bond donors (Lipinski definition) is 1. The standard InChI is InChI=1S/C20H19NO2/c1-13(2)23-19-11-10-18(16-8-3-4-9-17(16)19)20(22)14-6-5-7-15(21)12-14/h3-13H,21H2,1-2H3. The Morgan fingerprint density at radius 2 is 1.70 bits per heavy atom. The smallest absolute Gasteiger partial charge is 0.193 e. The SMILES string of the molecule is CC(C)Oc1ccc(C(=O)c2cccc(N)c2)c2ccccc12. The van der Waals surface area contributed by atoms with Gasteiger partial charge in [0.25, 0.3) is 0 Å². The molecular formula is C20H19NO2. The molecule has 0 atom stereocenters. The molecule has 0 saturated heterocycles. The fourth-order valence-electron chi connectivity index (χ4n) is 2.66. The summed E-state index contributed by atoms with van der Waals surface area (Å²) >= 11 is 0. The maximum Gasteiger partial charge on any atom is 0.193 e. The van der Waals surface area contributed by atoms with Crippen molar-refractivity contribution in [2.75, 3.05) is 5.73 Å². The van der Waals surface area contributed by atoms with Crippen molar-refractivity contribution in [2.45, 2.75) is 20.0 Å². The zero-order valence-corrected chi connectivity index (χ0v) is 13.2. The maximum absolute atomic E-state index is 12.8. The van der Waals surface area contributed by atoms with Crippen molar-refractivity contribution < 1.29 is 9.53 Å². The van der Waals surface area contributed by atoms with Gasteiger partial charge in [0, 0.05) is 22.2 Å². The van der Waals surface area contributed by atoms with Crippen LogP contribution in [0.5, 0.6) is 5.75 Å². The quantitative estimate of drug-likeness (QED) is 0.572. The van der Waals surface area contributed by atoms with Crippen molar-refractivity contribution in [3.8, 4) is 5.75 Å². The lowest BCUT2D eigenvalue weighted by atomic mass is 9.96. The van der Waals surface area contributed by atoms with E-state index in [-0.39, 0.29) is 11.9 Å². The van der Waals surface area contributed by atoms with Crippen LogP contribution in [0.1, 0.15) is 29.8 Å². The molecule has 3 heteroatoms. The number of rotatable bonds is 4. The number of benzene rings is 3. The Labute approximate surface area is 135 Å².